The molecule has 3 aromatic carbocycles. The molecule has 0 radical (unpaired) electrons. The number of halogens is 1. The van der Waals surface area contributed by atoms with Crippen molar-refractivity contribution in [3.63, 3.8) is 0 Å². The molecule has 0 atom stereocenters. The molecule has 4 aromatic rings. The number of esters is 2. The quantitative estimate of drug-likeness (QED) is 0.163. The molecule has 0 bridgehead atoms. The van der Waals surface area contributed by atoms with Gasteiger partial charge in [0.2, 0.25) is 0 Å². The lowest BCUT2D eigenvalue weighted by atomic mass is 10.1. The van der Waals surface area contributed by atoms with Crippen LogP contribution in [0.5, 0.6) is 5.75 Å². The van der Waals surface area contributed by atoms with E-state index in [0.717, 1.165) is 10.1 Å². The molecule has 4 rings (SSSR count). The van der Waals surface area contributed by atoms with Crippen LogP contribution >= 0.6 is 0 Å². The van der Waals surface area contributed by atoms with Crippen molar-refractivity contribution in [2.75, 3.05) is 26.5 Å². The van der Waals surface area contributed by atoms with Gasteiger partial charge in [0.15, 0.2) is 0 Å². The molecule has 0 unspecified atom stereocenters. The van der Waals surface area contributed by atoms with Gasteiger partial charge in [-0.25, -0.2) is 14.4 Å². The van der Waals surface area contributed by atoms with Crippen molar-refractivity contribution in [2.45, 2.75) is 25.7 Å². The predicted molar refractivity (Wildman–Crippen MR) is 155 cm³/mol. The topological polar surface area (TPSA) is 126 Å². The van der Waals surface area contributed by atoms with Gasteiger partial charge in [0, 0.05) is 24.6 Å². The van der Waals surface area contributed by atoms with E-state index in [9.17, 15) is 23.6 Å². The Hall–Kier alpha value is -5.03. The lowest BCUT2D eigenvalue weighted by Gasteiger charge is -2.19. The van der Waals surface area contributed by atoms with Gasteiger partial charge in [0.25, 0.3) is 5.56 Å². The Morgan fingerprint density at radius 3 is 2.07 bits per heavy atom. The summed E-state index contributed by atoms with van der Waals surface area (Å²) < 4.78 is 35.7. The van der Waals surface area contributed by atoms with Gasteiger partial charge in [-0.15, -0.1) is 0 Å². The Bertz CT molecular complexity index is 1550. The first-order valence-electron chi connectivity index (χ1n) is 13.6. The van der Waals surface area contributed by atoms with Gasteiger partial charge in [0.1, 0.15) is 31.8 Å². The minimum atomic E-state index is -0.930. The summed E-state index contributed by atoms with van der Waals surface area (Å²) >= 11 is 0. The summed E-state index contributed by atoms with van der Waals surface area (Å²) in [4.78, 5) is 52.4. The Kier molecular flexibility index (Phi) is 11.4. The molecule has 0 aliphatic rings. The van der Waals surface area contributed by atoms with Gasteiger partial charge < -0.3 is 18.9 Å². The molecule has 0 fully saturated rings. The van der Waals surface area contributed by atoms with Crippen LogP contribution in [0, 0.1) is 0 Å². The number of hydrogen-bond acceptors (Lipinski definition) is 8. The number of alkyl halides is 1. The third-order valence-corrected chi connectivity index (χ3v) is 6.19. The highest BCUT2D eigenvalue weighted by Gasteiger charge is 2.18. The van der Waals surface area contributed by atoms with Gasteiger partial charge in [-0.1, -0.05) is 48.5 Å². The number of nitrogens with one attached hydrogen (secondary N) is 1. The highest BCUT2D eigenvalue weighted by atomic mass is 19.1. The van der Waals surface area contributed by atoms with Crippen LogP contribution in [0.1, 0.15) is 38.3 Å². The second-order valence-corrected chi connectivity index (χ2v) is 9.45. The highest BCUT2D eigenvalue weighted by molar-refractivity contribution is 5.89. The molecule has 0 saturated heterocycles. The van der Waals surface area contributed by atoms with Crippen molar-refractivity contribution >= 4 is 11.9 Å². The minimum absolute atomic E-state index is 0.183. The van der Waals surface area contributed by atoms with Crippen LogP contribution in [-0.2, 0) is 27.4 Å². The number of H-pyrrole nitrogens is 1. The van der Waals surface area contributed by atoms with E-state index in [1.807, 2.05) is 0 Å². The van der Waals surface area contributed by atoms with E-state index in [0.29, 0.717) is 16.9 Å². The first-order valence-corrected chi connectivity index (χ1v) is 13.6. The first-order chi connectivity index (χ1) is 20.9. The van der Waals surface area contributed by atoms with Crippen molar-refractivity contribution in [2.24, 2.45) is 0 Å². The van der Waals surface area contributed by atoms with E-state index >= 15 is 0 Å². The molecule has 0 spiro atoms. The Labute approximate surface area is 246 Å². The summed E-state index contributed by atoms with van der Waals surface area (Å²) in [5, 5.41) is 0. The maximum Gasteiger partial charge on any atom is 0.338 e. The van der Waals surface area contributed by atoms with Gasteiger partial charge in [-0.05, 0) is 42.0 Å². The average molecular weight is 591 g/mol. The summed E-state index contributed by atoms with van der Waals surface area (Å²) in [6.07, 6.45) is 0.900. The molecule has 0 aliphatic heterocycles. The fourth-order valence-corrected chi connectivity index (χ4v) is 3.97. The highest BCUT2D eigenvalue weighted by Crippen LogP contribution is 2.16. The third-order valence-electron chi connectivity index (χ3n) is 6.19. The summed E-state index contributed by atoms with van der Waals surface area (Å²) in [7, 11) is 0. The van der Waals surface area contributed by atoms with Gasteiger partial charge in [0.05, 0.1) is 24.4 Å². The van der Waals surface area contributed by atoms with Crippen molar-refractivity contribution in [3.8, 4) is 5.75 Å². The first kappa shape index (κ1) is 30.9. The number of aromatic amines is 1. The van der Waals surface area contributed by atoms with Crippen molar-refractivity contribution in [3.05, 3.63) is 134 Å². The van der Waals surface area contributed by atoms with Crippen molar-refractivity contribution in [1.29, 1.82) is 0 Å². The second-order valence-electron chi connectivity index (χ2n) is 9.45. The third kappa shape index (κ3) is 9.50. The number of hydrogen-bond donors (Lipinski definition) is 1. The molecule has 224 valence electrons. The number of benzene rings is 3. The SMILES string of the molecule is O=C(OCC(COC(=O)c1ccccc1)OCn1cc(Cc2cccc(OCCCF)c2)c(=O)[nH]c1=O)c1ccccc1. The number of aromatic nitrogens is 2. The molecule has 11 heteroatoms. The molecule has 0 saturated carbocycles. The van der Waals surface area contributed by atoms with Crippen molar-refractivity contribution < 1.29 is 32.9 Å². The second kappa shape index (κ2) is 15.8. The molecule has 1 aromatic heterocycles. The summed E-state index contributed by atoms with van der Waals surface area (Å²) in [6.45, 7) is -1.12. The molecule has 43 heavy (non-hydrogen) atoms. The molecular weight excluding hydrogens is 559 g/mol. The van der Waals surface area contributed by atoms with Crippen LogP contribution in [0.3, 0.4) is 0 Å². The number of nitrogens with zero attached hydrogens (tertiary/aromatic N) is 1. The normalized spacial score (nSPS) is 10.8. The molecule has 0 amide bonds. The standard InChI is InChI=1S/C32H31FN2O8/c33-15-8-16-40-27-14-7-9-23(18-27)17-26-19-35(32(39)34-29(26)36)22-43-28(20-41-30(37)24-10-3-1-4-11-24)21-42-31(38)25-12-5-2-6-13-25/h1-7,9-14,18-19,28H,8,15-17,20-22H2,(H,34,36,39). The zero-order valence-corrected chi connectivity index (χ0v) is 23.3. The Morgan fingerprint density at radius 2 is 1.47 bits per heavy atom. The number of rotatable bonds is 15. The van der Waals surface area contributed by atoms with Gasteiger partial charge in [-0.3, -0.25) is 18.7 Å². The summed E-state index contributed by atoms with van der Waals surface area (Å²) in [6, 6.07) is 23.7. The van der Waals surface area contributed by atoms with Crippen LogP contribution < -0.4 is 16.0 Å². The van der Waals surface area contributed by atoms with E-state index < -0.39 is 36.0 Å². The summed E-state index contributed by atoms with van der Waals surface area (Å²) in [5.74, 6) is -0.650. The van der Waals surface area contributed by atoms with Gasteiger partial charge in [-0.2, -0.15) is 0 Å². The molecule has 1 heterocycles. The zero-order valence-electron chi connectivity index (χ0n) is 23.3. The fourth-order valence-electron chi connectivity index (χ4n) is 3.97. The average Bonchev–Trinajstić information content (AvgIpc) is 3.03. The van der Waals surface area contributed by atoms with E-state index in [2.05, 4.69) is 4.98 Å². The van der Waals surface area contributed by atoms with E-state index in [1.54, 1.807) is 84.9 Å². The fraction of sp³-hybridized carbons (Fsp3) is 0.250. The maximum atomic E-state index is 12.6. The predicted octanol–water partition coefficient (Wildman–Crippen LogP) is 3.92. The minimum Gasteiger partial charge on any atom is -0.493 e. The van der Waals surface area contributed by atoms with Gasteiger partial charge >= 0.3 is 17.6 Å². The van der Waals surface area contributed by atoms with E-state index in [-0.39, 0.29) is 45.0 Å². The Morgan fingerprint density at radius 1 is 0.837 bits per heavy atom. The molecule has 1 N–H and O–H groups in total. The van der Waals surface area contributed by atoms with Crippen LogP contribution in [0.4, 0.5) is 4.39 Å². The van der Waals surface area contributed by atoms with Crippen molar-refractivity contribution in [1.82, 2.24) is 9.55 Å². The van der Waals surface area contributed by atoms with Crippen LogP contribution in [0.2, 0.25) is 0 Å². The summed E-state index contributed by atoms with van der Waals surface area (Å²) in [5.41, 5.74) is 0.426. The maximum absolute atomic E-state index is 12.6. The monoisotopic (exact) mass is 590 g/mol. The Balaban J connectivity index is 1.44. The molecular formula is C32H31FN2O8. The molecule has 10 nitrogen and oxygen atoms in total. The number of carbonyl (C=O) groups excluding carboxylic acids is 2. The number of carbonyl (C=O) groups is 2. The lowest BCUT2D eigenvalue weighted by Crippen LogP contribution is -2.35. The zero-order chi connectivity index (χ0) is 30.4. The van der Waals surface area contributed by atoms with Crippen LogP contribution in [0.25, 0.3) is 0 Å². The van der Waals surface area contributed by atoms with E-state index in [4.69, 9.17) is 18.9 Å². The smallest absolute Gasteiger partial charge is 0.338 e. The number of ether oxygens (including phenoxy) is 4. The van der Waals surface area contributed by atoms with Crippen LogP contribution in [-0.4, -0.2) is 54.1 Å². The van der Waals surface area contributed by atoms with E-state index in [1.165, 1.54) is 6.20 Å². The molecule has 0 aliphatic carbocycles. The lowest BCUT2D eigenvalue weighted by molar-refractivity contribution is -0.0636. The largest absolute Gasteiger partial charge is 0.493 e. The van der Waals surface area contributed by atoms with Crippen LogP contribution in [0.15, 0.2) is 101 Å².